The van der Waals surface area contributed by atoms with Gasteiger partial charge < -0.3 is 0 Å². The zero-order valence-corrected chi connectivity index (χ0v) is 10.4. The van der Waals surface area contributed by atoms with Gasteiger partial charge in [0.1, 0.15) is 22.1 Å². The van der Waals surface area contributed by atoms with Crippen LogP contribution >= 0.6 is 23.5 Å². The van der Waals surface area contributed by atoms with Crippen molar-refractivity contribution in [2.45, 2.75) is 0 Å². The molecule has 0 amide bonds. The van der Waals surface area contributed by atoms with E-state index in [0.29, 0.717) is 0 Å². The van der Waals surface area contributed by atoms with E-state index in [4.69, 9.17) is 0 Å². The molecule has 4 aromatic heterocycles. The van der Waals surface area contributed by atoms with Crippen molar-refractivity contribution in [3.05, 3.63) is 24.8 Å². The van der Waals surface area contributed by atoms with E-state index in [9.17, 15) is 0 Å². The molecule has 0 aliphatic rings. The Balaban J connectivity index is 2.13. The predicted molar refractivity (Wildman–Crippen MR) is 69.4 cm³/mol. The minimum Gasteiger partial charge on any atom is -0.262 e. The highest BCUT2D eigenvalue weighted by molar-refractivity contribution is 7.00. The van der Waals surface area contributed by atoms with Crippen LogP contribution < -0.4 is 0 Å². The van der Waals surface area contributed by atoms with Crippen molar-refractivity contribution in [2.24, 2.45) is 0 Å². The van der Waals surface area contributed by atoms with Gasteiger partial charge >= 0.3 is 0 Å². The molecule has 86 valence electrons. The zero-order chi connectivity index (χ0) is 11.9. The molecule has 0 bridgehead atoms. The largest absolute Gasteiger partial charge is 0.262 e. The summed E-state index contributed by atoms with van der Waals surface area (Å²) in [5, 5.41) is 0. The van der Waals surface area contributed by atoms with Crippen molar-refractivity contribution in [1.82, 2.24) is 27.5 Å². The predicted octanol–water partition coefficient (Wildman–Crippen LogP) is 2.15. The minimum atomic E-state index is 0.790. The topological polar surface area (TPSA) is 77.3 Å². The average Bonchev–Trinajstić information content (AvgIpc) is 3.06. The number of aromatic nitrogens is 6. The first-order valence-corrected chi connectivity index (χ1v) is 6.52. The molecule has 0 saturated carbocycles. The van der Waals surface area contributed by atoms with Gasteiger partial charge in [0, 0.05) is 23.5 Å². The van der Waals surface area contributed by atoms with Gasteiger partial charge in [-0.3, -0.25) is 9.97 Å². The normalized spacial score (nSPS) is 11.3. The molecule has 4 heterocycles. The summed E-state index contributed by atoms with van der Waals surface area (Å²) in [6, 6.07) is 0. The van der Waals surface area contributed by atoms with Gasteiger partial charge in [-0.15, -0.1) is 0 Å². The van der Waals surface area contributed by atoms with Crippen LogP contribution in [0.25, 0.3) is 33.2 Å². The lowest BCUT2D eigenvalue weighted by Gasteiger charge is -2.01. The SMILES string of the molecule is c1ncc2nsnc2c1-c1cncc2nsnc12. The molecule has 8 heteroatoms. The molecular formula is C10H4N6S2. The van der Waals surface area contributed by atoms with Gasteiger partial charge in [-0.05, 0) is 0 Å². The molecule has 0 N–H and O–H groups in total. The zero-order valence-electron chi connectivity index (χ0n) is 8.81. The van der Waals surface area contributed by atoms with Crippen molar-refractivity contribution in [3.63, 3.8) is 0 Å². The number of nitrogens with zero attached hydrogens (tertiary/aromatic N) is 6. The number of hydrogen-bond donors (Lipinski definition) is 0. The van der Waals surface area contributed by atoms with Crippen LogP contribution in [0.15, 0.2) is 24.8 Å². The number of fused-ring (bicyclic) bond motifs is 2. The summed E-state index contributed by atoms with van der Waals surface area (Å²) in [5.41, 5.74) is 5.03. The van der Waals surface area contributed by atoms with E-state index in [-0.39, 0.29) is 0 Å². The molecule has 0 saturated heterocycles. The Labute approximate surface area is 109 Å². The third-order valence-corrected chi connectivity index (χ3v) is 3.71. The summed E-state index contributed by atoms with van der Waals surface area (Å²) in [6.07, 6.45) is 6.93. The van der Waals surface area contributed by atoms with Crippen LogP contribution in [0.5, 0.6) is 0 Å². The highest BCUT2D eigenvalue weighted by atomic mass is 32.1. The maximum absolute atomic E-state index is 4.30. The first-order valence-electron chi connectivity index (χ1n) is 5.06. The van der Waals surface area contributed by atoms with Gasteiger partial charge in [0.2, 0.25) is 0 Å². The summed E-state index contributed by atoms with van der Waals surface area (Å²) in [6.45, 7) is 0. The van der Waals surface area contributed by atoms with Gasteiger partial charge in [-0.2, -0.15) is 17.5 Å². The Morgan fingerprint density at radius 1 is 0.611 bits per heavy atom. The van der Waals surface area contributed by atoms with E-state index in [2.05, 4.69) is 27.5 Å². The van der Waals surface area contributed by atoms with Crippen LogP contribution in [0.1, 0.15) is 0 Å². The summed E-state index contributed by atoms with van der Waals surface area (Å²) in [5.74, 6) is 0. The standard InChI is InChI=1S/C10H4N6S2/c1-5(9-7(3-11-1)13-17-15-9)6-2-12-4-8-10(6)16-18-14-8/h1-4H. The summed E-state index contributed by atoms with van der Waals surface area (Å²) >= 11 is 2.35. The van der Waals surface area contributed by atoms with Crippen LogP contribution in [0, 0.1) is 0 Å². The molecule has 0 fully saturated rings. The minimum absolute atomic E-state index is 0.790. The Morgan fingerprint density at radius 3 is 1.61 bits per heavy atom. The highest BCUT2D eigenvalue weighted by Crippen LogP contribution is 2.30. The molecule has 0 spiro atoms. The van der Waals surface area contributed by atoms with E-state index < -0.39 is 0 Å². The van der Waals surface area contributed by atoms with Gasteiger partial charge in [-0.1, -0.05) is 0 Å². The van der Waals surface area contributed by atoms with Crippen molar-refractivity contribution in [1.29, 1.82) is 0 Å². The third-order valence-electron chi connectivity index (χ3n) is 2.63. The lowest BCUT2D eigenvalue weighted by Crippen LogP contribution is -1.86. The van der Waals surface area contributed by atoms with Crippen LogP contribution in [-0.2, 0) is 0 Å². The molecule has 4 aromatic rings. The van der Waals surface area contributed by atoms with Gasteiger partial charge in [0.15, 0.2) is 0 Å². The lowest BCUT2D eigenvalue weighted by molar-refractivity contribution is 1.32. The second-order valence-corrected chi connectivity index (χ2v) is 4.69. The highest BCUT2D eigenvalue weighted by Gasteiger charge is 2.13. The molecule has 6 nitrogen and oxygen atoms in total. The second kappa shape index (κ2) is 3.72. The van der Waals surface area contributed by atoms with Crippen molar-refractivity contribution in [3.8, 4) is 11.1 Å². The molecule has 4 rings (SSSR count). The second-order valence-electron chi connectivity index (χ2n) is 3.64. The fourth-order valence-corrected chi connectivity index (χ4v) is 2.89. The molecule has 0 aromatic carbocycles. The van der Waals surface area contributed by atoms with Crippen LogP contribution in [0.3, 0.4) is 0 Å². The Kier molecular flexibility index (Phi) is 2.05. The maximum Gasteiger partial charge on any atom is 0.123 e. The molecule has 0 atom stereocenters. The number of hydrogen-bond acceptors (Lipinski definition) is 8. The van der Waals surface area contributed by atoms with Crippen molar-refractivity contribution in [2.75, 3.05) is 0 Å². The molecule has 18 heavy (non-hydrogen) atoms. The van der Waals surface area contributed by atoms with E-state index >= 15 is 0 Å². The summed E-state index contributed by atoms with van der Waals surface area (Å²) < 4.78 is 17.0. The monoisotopic (exact) mass is 272 g/mol. The van der Waals surface area contributed by atoms with E-state index in [1.807, 2.05) is 0 Å². The Hall–Kier alpha value is -2.06. The number of rotatable bonds is 1. The quantitative estimate of drug-likeness (QED) is 0.528. The van der Waals surface area contributed by atoms with Gasteiger partial charge in [0.05, 0.1) is 35.9 Å². The van der Waals surface area contributed by atoms with Crippen LogP contribution in [0.2, 0.25) is 0 Å². The molecule has 0 radical (unpaired) electrons. The van der Waals surface area contributed by atoms with Crippen molar-refractivity contribution >= 4 is 45.5 Å². The van der Waals surface area contributed by atoms with Gasteiger partial charge in [0.25, 0.3) is 0 Å². The van der Waals surface area contributed by atoms with Crippen molar-refractivity contribution < 1.29 is 0 Å². The maximum atomic E-state index is 4.30. The average molecular weight is 272 g/mol. The smallest absolute Gasteiger partial charge is 0.123 e. The Bertz CT molecular complexity index is 779. The fraction of sp³-hybridized carbons (Fsp3) is 0. The van der Waals surface area contributed by atoms with E-state index in [1.54, 1.807) is 24.8 Å². The van der Waals surface area contributed by atoms with Crippen LogP contribution in [0.4, 0.5) is 0 Å². The molecule has 0 unspecified atom stereocenters. The van der Waals surface area contributed by atoms with Crippen LogP contribution in [-0.4, -0.2) is 27.5 Å². The number of pyridine rings is 2. The lowest BCUT2D eigenvalue weighted by atomic mass is 10.1. The summed E-state index contributed by atoms with van der Waals surface area (Å²) in [7, 11) is 0. The van der Waals surface area contributed by atoms with E-state index in [0.717, 1.165) is 33.2 Å². The van der Waals surface area contributed by atoms with Gasteiger partial charge in [-0.25, -0.2) is 0 Å². The Morgan fingerprint density at radius 2 is 1.11 bits per heavy atom. The fourth-order valence-electron chi connectivity index (χ4n) is 1.82. The molecular weight excluding hydrogens is 268 g/mol. The first kappa shape index (κ1) is 9.92. The van der Waals surface area contributed by atoms with E-state index in [1.165, 1.54) is 23.5 Å². The first-order chi connectivity index (χ1) is 8.93. The summed E-state index contributed by atoms with van der Waals surface area (Å²) in [4.78, 5) is 8.37. The molecule has 0 aliphatic carbocycles. The third kappa shape index (κ3) is 1.33. The molecule has 0 aliphatic heterocycles.